The van der Waals surface area contributed by atoms with Crippen molar-refractivity contribution in [3.05, 3.63) is 108 Å². The molecule has 0 radical (unpaired) electrons. The van der Waals surface area contributed by atoms with Crippen molar-refractivity contribution < 1.29 is 22.7 Å². The third kappa shape index (κ3) is 6.76. The van der Waals surface area contributed by atoms with Crippen LogP contribution in [-0.2, 0) is 6.18 Å². The minimum Gasteiger partial charge on any atom is -0.424 e. The number of nitrogens with two attached hydrogens (primary N) is 1. The number of carbonyl (C=O) groups is 1. The van der Waals surface area contributed by atoms with Crippen molar-refractivity contribution in [2.75, 3.05) is 16.4 Å². The first-order valence-corrected chi connectivity index (χ1v) is 12.8. The molecule has 12 heteroatoms. The highest BCUT2D eigenvalue weighted by Crippen LogP contribution is 2.36. The van der Waals surface area contributed by atoms with Crippen LogP contribution in [0.5, 0.6) is 11.8 Å². The Hall–Kier alpha value is -5.16. The molecule has 0 unspecified atom stereocenters. The Bertz CT molecular complexity index is 1730. The summed E-state index contributed by atoms with van der Waals surface area (Å²) in [6.07, 6.45) is -0.503. The summed E-state index contributed by atoms with van der Waals surface area (Å²) < 4.78 is 45.8. The number of aromatic nitrogens is 3. The van der Waals surface area contributed by atoms with E-state index in [1.54, 1.807) is 42.5 Å². The van der Waals surface area contributed by atoms with Crippen molar-refractivity contribution in [1.29, 1.82) is 0 Å². The zero-order valence-corrected chi connectivity index (χ0v) is 22.7. The Morgan fingerprint density at radius 1 is 0.833 bits per heavy atom. The average molecular weight is 591 g/mol. The molecule has 8 nitrogen and oxygen atoms in total. The number of anilines is 3. The van der Waals surface area contributed by atoms with Crippen molar-refractivity contribution in [3.63, 3.8) is 0 Å². The number of urea groups is 1. The number of nitrogens with zero attached hydrogens (tertiary/aromatic N) is 3. The summed E-state index contributed by atoms with van der Waals surface area (Å²) in [7, 11) is 0. The van der Waals surface area contributed by atoms with Crippen LogP contribution in [0.4, 0.5) is 35.2 Å². The molecule has 42 heavy (non-hydrogen) atoms. The second kappa shape index (κ2) is 11.8. The Morgan fingerprint density at radius 3 is 2.14 bits per heavy atom. The predicted octanol–water partition coefficient (Wildman–Crippen LogP) is 8.20. The number of halogens is 4. The topological polar surface area (TPSA) is 115 Å². The van der Waals surface area contributed by atoms with Crippen LogP contribution in [0.25, 0.3) is 22.3 Å². The number of ether oxygens (including phenoxy) is 1. The summed E-state index contributed by atoms with van der Waals surface area (Å²) in [4.78, 5) is 25.0. The van der Waals surface area contributed by atoms with E-state index in [4.69, 9.17) is 22.1 Å². The van der Waals surface area contributed by atoms with Crippen molar-refractivity contribution in [2.45, 2.75) is 13.1 Å². The maximum Gasteiger partial charge on any atom is 0.416 e. The first kappa shape index (κ1) is 28.4. The summed E-state index contributed by atoms with van der Waals surface area (Å²) in [6, 6.07) is 18.3. The van der Waals surface area contributed by atoms with Crippen LogP contribution in [0.2, 0.25) is 5.02 Å². The third-order valence-corrected chi connectivity index (χ3v) is 6.31. The number of nitrogens with one attached hydrogen (secondary N) is 2. The van der Waals surface area contributed by atoms with E-state index in [1.165, 1.54) is 24.7 Å². The van der Waals surface area contributed by atoms with Gasteiger partial charge in [-0.3, -0.25) is 0 Å². The van der Waals surface area contributed by atoms with Gasteiger partial charge in [0.05, 0.1) is 34.4 Å². The van der Waals surface area contributed by atoms with Gasteiger partial charge in [-0.05, 0) is 48.4 Å². The zero-order valence-electron chi connectivity index (χ0n) is 21.9. The van der Waals surface area contributed by atoms with Crippen molar-refractivity contribution in [1.82, 2.24) is 15.0 Å². The lowest BCUT2D eigenvalue weighted by Crippen LogP contribution is -2.20. The van der Waals surface area contributed by atoms with E-state index in [9.17, 15) is 18.0 Å². The van der Waals surface area contributed by atoms with Gasteiger partial charge in [-0.2, -0.15) is 13.2 Å². The number of benzene rings is 3. The maximum atomic E-state index is 13.4. The Kier molecular flexibility index (Phi) is 7.94. The van der Waals surface area contributed by atoms with Crippen LogP contribution < -0.4 is 21.1 Å². The van der Waals surface area contributed by atoms with Crippen LogP contribution in [0.3, 0.4) is 0 Å². The largest absolute Gasteiger partial charge is 0.424 e. The number of pyridine rings is 1. The summed E-state index contributed by atoms with van der Waals surface area (Å²) in [5.41, 5.74) is 8.76. The van der Waals surface area contributed by atoms with E-state index >= 15 is 0 Å². The molecule has 2 aromatic heterocycles. The fraction of sp³-hybridized carbons (Fsp3) is 0.0667. The van der Waals surface area contributed by atoms with Crippen molar-refractivity contribution >= 4 is 34.8 Å². The Balaban J connectivity index is 1.26. The Labute approximate surface area is 243 Å². The van der Waals surface area contributed by atoms with Crippen LogP contribution in [-0.4, -0.2) is 21.0 Å². The standard InChI is InChI=1S/C30H22ClF3N6O2/c1-17-2-4-18(5-3-17)24-11-8-20(30(32,33)34)12-26(24)40-28(41)39-22-15-37-29(38-16-22)42-23-9-6-19(7-10-23)25-13-21(31)14-36-27(25)35/h2-16H,1H3,(H2,35,36)(H2,39,40,41). The normalized spacial score (nSPS) is 11.2. The number of rotatable bonds is 6. The predicted molar refractivity (Wildman–Crippen MR) is 155 cm³/mol. The van der Waals surface area contributed by atoms with Gasteiger partial charge in [0.25, 0.3) is 0 Å². The summed E-state index contributed by atoms with van der Waals surface area (Å²) in [6.45, 7) is 1.90. The molecule has 2 amide bonds. The van der Waals surface area contributed by atoms with E-state index in [0.29, 0.717) is 33.3 Å². The van der Waals surface area contributed by atoms with Crippen molar-refractivity contribution in [2.24, 2.45) is 0 Å². The molecule has 0 saturated carbocycles. The smallest absolute Gasteiger partial charge is 0.416 e. The van der Waals surface area contributed by atoms with Crippen LogP contribution in [0, 0.1) is 6.92 Å². The molecule has 0 spiro atoms. The molecule has 4 N–H and O–H groups in total. The molecule has 5 rings (SSSR count). The van der Waals surface area contributed by atoms with Gasteiger partial charge in [0.1, 0.15) is 11.6 Å². The summed E-state index contributed by atoms with van der Waals surface area (Å²) >= 11 is 6.02. The highest BCUT2D eigenvalue weighted by molar-refractivity contribution is 6.30. The molecule has 0 aliphatic carbocycles. The monoisotopic (exact) mass is 590 g/mol. The number of hydrogen-bond acceptors (Lipinski definition) is 6. The minimum atomic E-state index is -4.58. The van der Waals surface area contributed by atoms with E-state index in [0.717, 1.165) is 23.3 Å². The summed E-state index contributed by atoms with van der Waals surface area (Å²) in [5, 5.41) is 5.48. The number of aryl methyl sites for hydroxylation is 1. The molecule has 0 aliphatic rings. The van der Waals surface area contributed by atoms with Gasteiger partial charge in [-0.1, -0.05) is 59.6 Å². The summed E-state index contributed by atoms with van der Waals surface area (Å²) in [5.74, 6) is 0.780. The number of alkyl halides is 3. The SMILES string of the molecule is Cc1ccc(-c2ccc(C(F)(F)F)cc2NC(=O)Nc2cnc(Oc3ccc(-c4cc(Cl)cnc4N)cc3)nc2)cc1. The molecule has 0 aliphatic heterocycles. The third-order valence-electron chi connectivity index (χ3n) is 6.10. The molecular formula is C30H22ClF3N6O2. The van der Waals surface area contributed by atoms with Crippen LogP contribution >= 0.6 is 11.6 Å². The highest BCUT2D eigenvalue weighted by Gasteiger charge is 2.31. The van der Waals surface area contributed by atoms with Gasteiger partial charge in [0.15, 0.2) is 0 Å². The molecule has 2 heterocycles. The molecule has 0 saturated heterocycles. The lowest BCUT2D eigenvalue weighted by Gasteiger charge is -2.15. The van der Waals surface area contributed by atoms with E-state index in [-0.39, 0.29) is 17.4 Å². The highest BCUT2D eigenvalue weighted by atomic mass is 35.5. The first-order valence-electron chi connectivity index (χ1n) is 12.4. The second-order valence-electron chi connectivity index (χ2n) is 9.17. The number of hydrogen-bond donors (Lipinski definition) is 3. The number of carbonyl (C=O) groups excluding carboxylic acids is 1. The maximum absolute atomic E-state index is 13.4. The number of amides is 2. The minimum absolute atomic E-state index is 0.00851. The molecular weight excluding hydrogens is 569 g/mol. The Morgan fingerprint density at radius 2 is 1.48 bits per heavy atom. The first-order chi connectivity index (χ1) is 20.0. The number of nitrogen functional groups attached to an aromatic ring is 1. The van der Waals surface area contributed by atoms with Gasteiger partial charge < -0.3 is 21.1 Å². The van der Waals surface area contributed by atoms with Gasteiger partial charge in [-0.25, -0.2) is 19.7 Å². The molecule has 5 aromatic rings. The quantitative estimate of drug-likeness (QED) is 0.184. The van der Waals surface area contributed by atoms with E-state index in [2.05, 4.69) is 25.6 Å². The fourth-order valence-electron chi connectivity index (χ4n) is 4.02. The van der Waals surface area contributed by atoms with Gasteiger partial charge in [0, 0.05) is 17.3 Å². The molecule has 0 atom stereocenters. The lowest BCUT2D eigenvalue weighted by atomic mass is 10.00. The van der Waals surface area contributed by atoms with Gasteiger partial charge >= 0.3 is 18.2 Å². The average Bonchev–Trinajstić information content (AvgIpc) is 2.96. The van der Waals surface area contributed by atoms with E-state index < -0.39 is 17.8 Å². The zero-order chi connectivity index (χ0) is 29.9. The fourth-order valence-corrected chi connectivity index (χ4v) is 4.17. The molecule has 3 aromatic carbocycles. The lowest BCUT2D eigenvalue weighted by molar-refractivity contribution is -0.137. The van der Waals surface area contributed by atoms with E-state index in [1.807, 2.05) is 19.1 Å². The molecule has 212 valence electrons. The van der Waals surface area contributed by atoms with Crippen LogP contribution in [0.1, 0.15) is 11.1 Å². The van der Waals surface area contributed by atoms with Gasteiger partial charge in [-0.15, -0.1) is 0 Å². The van der Waals surface area contributed by atoms with Crippen LogP contribution in [0.15, 0.2) is 91.4 Å². The molecule has 0 fully saturated rings. The van der Waals surface area contributed by atoms with Gasteiger partial charge in [0.2, 0.25) is 0 Å². The van der Waals surface area contributed by atoms with Crippen molar-refractivity contribution in [3.8, 4) is 34.0 Å². The molecule has 0 bridgehead atoms. The second-order valence-corrected chi connectivity index (χ2v) is 9.61.